The van der Waals surface area contributed by atoms with Gasteiger partial charge >= 0.3 is 0 Å². The van der Waals surface area contributed by atoms with Crippen LogP contribution >= 0.6 is 15.9 Å². The van der Waals surface area contributed by atoms with E-state index < -0.39 is 0 Å². The smallest absolute Gasteiger partial charge is 0.0754 e. The minimum absolute atomic E-state index is 0.345. The van der Waals surface area contributed by atoms with Gasteiger partial charge in [0.15, 0.2) is 0 Å². The SMILES string of the molecule is Brc1c(C2=CCCC=C2)ccc2c1Nc1ccccc1C21c2ccccc2-c2ccccc21. The average molecular weight is 488 g/mol. The summed E-state index contributed by atoms with van der Waals surface area (Å²) < 4.78 is 1.13. The average Bonchev–Trinajstić information content (AvgIpc) is 3.17. The van der Waals surface area contributed by atoms with Crippen LogP contribution in [0.3, 0.4) is 0 Å². The zero-order valence-electron chi connectivity index (χ0n) is 18.1. The zero-order valence-corrected chi connectivity index (χ0v) is 19.7. The van der Waals surface area contributed by atoms with E-state index in [1.54, 1.807) is 0 Å². The van der Waals surface area contributed by atoms with Gasteiger partial charge in [-0.15, -0.1) is 0 Å². The topological polar surface area (TPSA) is 12.0 Å². The monoisotopic (exact) mass is 487 g/mol. The van der Waals surface area contributed by atoms with Gasteiger partial charge in [0, 0.05) is 10.2 Å². The highest BCUT2D eigenvalue weighted by molar-refractivity contribution is 9.10. The second-order valence-electron chi connectivity index (χ2n) is 9.00. The summed E-state index contributed by atoms with van der Waals surface area (Å²) >= 11 is 4.03. The maximum absolute atomic E-state index is 4.03. The van der Waals surface area contributed by atoms with E-state index in [2.05, 4.69) is 124 Å². The lowest BCUT2D eigenvalue weighted by atomic mass is 9.65. The molecule has 4 aromatic rings. The van der Waals surface area contributed by atoms with Crippen LogP contribution in [-0.4, -0.2) is 0 Å². The number of rotatable bonds is 1. The van der Waals surface area contributed by atoms with Gasteiger partial charge in [0.2, 0.25) is 0 Å². The molecule has 1 spiro atoms. The summed E-state index contributed by atoms with van der Waals surface area (Å²) in [4.78, 5) is 0. The van der Waals surface area contributed by atoms with E-state index in [9.17, 15) is 0 Å². The highest BCUT2D eigenvalue weighted by atomic mass is 79.9. The Bertz CT molecular complexity index is 1460. The molecule has 0 aromatic heterocycles. The van der Waals surface area contributed by atoms with E-state index in [0.29, 0.717) is 0 Å². The van der Waals surface area contributed by atoms with Crippen LogP contribution in [0.15, 0.2) is 108 Å². The number of halogens is 1. The van der Waals surface area contributed by atoms with E-state index >= 15 is 0 Å². The molecule has 0 unspecified atom stereocenters. The van der Waals surface area contributed by atoms with Crippen molar-refractivity contribution in [2.45, 2.75) is 18.3 Å². The molecule has 0 saturated carbocycles. The van der Waals surface area contributed by atoms with Gasteiger partial charge in [-0.05, 0) is 79.4 Å². The van der Waals surface area contributed by atoms with Gasteiger partial charge in [-0.25, -0.2) is 0 Å². The Morgan fingerprint density at radius 3 is 2.00 bits per heavy atom. The van der Waals surface area contributed by atoms with Crippen molar-refractivity contribution in [1.82, 2.24) is 0 Å². The van der Waals surface area contributed by atoms with E-state index in [4.69, 9.17) is 0 Å². The number of anilines is 2. The molecule has 0 bridgehead atoms. The third-order valence-corrected chi connectivity index (χ3v) is 8.22. The highest BCUT2D eigenvalue weighted by Gasteiger charge is 2.50. The lowest BCUT2D eigenvalue weighted by Crippen LogP contribution is -2.33. The van der Waals surface area contributed by atoms with Gasteiger partial charge in [-0.3, -0.25) is 0 Å². The van der Waals surface area contributed by atoms with Crippen LogP contribution in [0.25, 0.3) is 16.7 Å². The summed E-state index contributed by atoms with van der Waals surface area (Å²) in [6.07, 6.45) is 9.08. The maximum atomic E-state index is 4.03. The van der Waals surface area contributed by atoms with Crippen molar-refractivity contribution in [3.05, 3.63) is 135 Å². The molecule has 3 aliphatic rings. The third kappa shape index (κ3) is 2.47. The van der Waals surface area contributed by atoms with Crippen LogP contribution in [0.1, 0.15) is 40.7 Å². The molecule has 0 atom stereocenters. The van der Waals surface area contributed by atoms with Crippen molar-refractivity contribution >= 4 is 32.9 Å². The first-order valence-electron chi connectivity index (χ1n) is 11.6. The number of benzene rings is 4. The Morgan fingerprint density at radius 2 is 1.30 bits per heavy atom. The molecule has 158 valence electrons. The normalized spacial score (nSPS) is 16.3. The molecule has 0 radical (unpaired) electrons. The molecule has 1 heterocycles. The maximum Gasteiger partial charge on any atom is 0.0754 e. The quantitative estimate of drug-likeness (QED) is 0.244. The molecular weight excluding hydrogens is 466 g/mol. The summed E-state index contributed by atoms with van der Waals surface area (Å²) in [5.74, 6) is 0. The molecule has 0 fully saturated rings. The van der Waals surface area contributed by atoms with Crippen LogP contribution in [0.5, 0.6) is 0 Å². The molecule has 2 aliphatic carbocycles. The van der Waals surface area contributed by atoms with Crippen LogP contribution in [0.2, 0.25) is 0 Å². The first kappa shape index (κ1) is 19.1. The highest BCUT2D eigenvalue weighted by Crippen LogP contribution is 2.62. The van der Waals surface area contributed by atoms with E-state index in [1.807, 2.05) is 0 Å². The van der Waals surface area contributed by atoms with Crippen LogP contribution < -0.4 is 5.32 Å². The van der Waals surface area contributed by atoms with Crippen molar-refractivity contribution in [2.75, 3.05) is 5.32 Å². The second-order valence-corrected chi connectivity index (χ2v) is 9.79. The zero-order chi connectivity index (χ0) is 22.0. The summed E-state index contributed by atoms with van der Waals surface area (Å²) in [6, 6.07) is 31.3. The van der Waals surface area contributed by atoms with Crippen LogP contribution in [0, 0.1) is 0 Å². The summed E-state index contributed by atoms with van der Waals surface area (Å²) in [5.41, 5.74) is 12.5. The minimum atomic E-state index is -0.345. The molecule has 7 rings (SSSR count). The van der Waals surface area contributed by atoms with Crippen molar-refractivity contribution in [1.29, 1.82) is 0 Å². The standard InChI is InChI=1S/C31H22BrN/c32-29-21(20-10-2-1-3-11-20)18-19-27-30(29)33-28-17-9-8-16-26(28)31(27)24-14-6-4-12-22(24)23-13-5-7-15-25(23)31/h2,4-19,33H,1,3H2. The van der Waals surface area contributed by atoms with Crippen molar-refractivity contribution in [3.8, 4) is 11.1 Å². The summed E-state index contributed by atoms with van der Waals surface area (Å²) in [5, 5.41) is 3.80. The lowest BCUT2D eigenvalue weighted by Gasteiger charge is -2.41. The van der Waals surface area contributed by atoms with Crippen molar-refractivity contribution < 1.29 is 0 Å². The largest absolute Gasteiger partial charge is 0.354 e. The van der Waals surface area contributed by atoms with Crippen LogP contribution in [0.4, 0.5) is 11.4 Å². The lowest BCUT2D eigenvalue weighted by molar-refractivity contribution is 0.762. The number of nitrogens with one attached hydrogen (secondary N) is 1. The molecule has 0 amide bonds. The van der Waals surface area contributed by atoms with Crippen molar-refractivity contribution in [2.24, 2.45) is 0 Å². The third-order valence-electron chi connectivity index (χ3n) is 7.40. The molecule has 1 nitrogen and oxygen atoms in total. The van der Waals surface area contributed by atoms with Gasteiger partial charge in [-0.2, -0.15) is 0 Å². The molecular formula is C31H22BrN. The molecule has 0 saturated heterocycles. The number of hydrogen-bond donors (Lipinski definition) is 1. The first-order chi connectivity index (χ1) is 16.3. The van der Waals surface area contributed by atoms with Gasteiger partial charge in [0.25, 0.3) is 0 Å². The molecule has 4 aromatic carbocycles. The number of para-hydroxylation sites is 1. The Balaban J connectivity index is 1.61. The number of fused-ring (bicyclic) bond motifs is 9. The van der Waals surface area contributed by atoms with E-state index in [-0.39, 0.29) is 5.41 Å². The fourth-order valence-electron chi connectivity index (χ4n) is 6.06. The molecule has 1 aliphatic heterocycles. The van der Waals surface area contributed by atoms with Gasteiger partial charge in [-0.1, -0.05) is 97.1 Å². The second kappa shape index (κ2) is 7.07. The summed E-state index contributed by atoms with van der Waals surface area (Å²) in [6.45, 7) is 0. The Kier molecular flexibility index (Phi) is 4.10. The minimum Gasteiger partial charge on any atom is -0.354 e. The molecule has 1 N–H and O–H groups in total. The van der Waals surface area contributed by atoms with E-state index in [1.165, 1.54) is 50.2 Å². The number of allylic oxidation sites excluding steroid dienone is 4. The van der Waals surface area contributed by atoms with Crippen molar-refractivity contribution in [3.63, 3.8) is 0 Å². The predicted octanol–water partition coefficient (Wildman–Crippen LogP) is 8.60. The Labute approximate surface area is 202 Å². The van der Waals surface area contributed by atoms with E-state index in [0.717, 1.165) is 23.0 Å². The first-order valence-corrected chi connectivity index (χ1v) is 12.4. The predicted molar refractivity (Wildman–Crippen MR) is 141 cm³/mol. The summed E-state index contributed by atoms with van der Waals surface area (Å²) in [7, 11) is 0. The molecule has 33 heavy (non-hydrogen) atoms. The van der Waals surface area contributed by atoms with Gasteiger partial charge in [0.05, 0.1) is 11.1 Å². The molecule has 2 heteroatoms. The van der Waals surface area contributed by atoms with Gasteiger partial charge < -0.3 is 5.32 Å². The Morgan fingerprint density at radius 1 is 0.636 bits per heavy atom. The fraction of sp³-hybridized carbons (Fsp3) is 0.0968. The number of hydrogen-bond acceptors (Lipinski definition) is 1. The van der Waals surface area contributed by atoms with Crippen LogP contribution in [-0.2, 0) is 5.41 Å². The fourth-order valence-corrected chi connectivity index (χ4v) is 6.73. The van der Waals surface area contributed by atoms with Gasteiger partial charge in [0.1, 0.15) is 0 Å². The Hall–Kier alpha value is -3.36.